The number of hydrogen-bond donors (Lipinski definition) is 3. The molecule has 8 nitrogen and oxygen atoms in total. The lowest BCUT2D eigenvalue weighted by Gasteiger charge is -2.15. The highest BCUT2D eigenvalue weighted by atomic mass is 16.2. The first-order chi connectivity index (χ1) is 13.0. The Morgan fingerprint density at radius 2 is 1.96 bits per heavy atom. The molecule has 1 fully saturated rings. The molecule has 0 bridgehead atoms. The standard InChI is InChI=1S/C19H23N5O3/c1-14(25)23-17-7-5-16(6-8-17)22-13-15(12-20)19(27)21-9-3-11-24-10-2-4-18(24)26/h5-8,13,22H,2-4,9-11H2,1H3,(H,21,27)(H,23,25)/b15-13-. The lowest BCUT2D eigenvalue weighted by molar-refractivity contribution is -0.127. The molecule has 0 aliphatic carbocycles. The number of nitrogens with zero attached hydrogens (tertiary/aromatic N) is 2. The molecule has 2 rings (SSSR count). The molecule has 0 spiro atoms. The van der Waals surface area contributed by atoms with Crippen molar-refractivity contribution in [3.8, 4) is 6.07 Å². The van der Waals surface area contributed by atoms with Gasteiger partial charge >= 0.3 is 0 Å². The second-order valence-electron chi connectivity index (χ2n) is 6.17. The fourth-order valence-corrected chi connectivity index (χ4v) is 2.66. The first-order valence-electron chi connectivity index (χ1n) is 8.80. The minimum absolute atomic E-state index is 0.0433. The van der Waals surface area contributed by atoms with Gasteiger partial charge in [0.1, 0.15) is 11.6 Å². The van der Waals surface area contributed by atoms with E-state index in [2.05, 4.69) is 16.0 Å². The molecule has 0 atom stereocenters. The van der Waals surface area contributed by atoms with Crippen LogP contribution in [-0.4, -0.2) is 42.3 Å². The quantitative estimate of drug-likeness (QED) is 0.366. The normalized spacial score (nSPS) is 13.9. The van der Waals surface area contributed by atoms with Gasteiger partial charge in [-0.15, -0.1) is 0 Å². The number of carbonyl (C=O) groups is 3. The molecule has 0 saturated carbocycles. The molecule has 1 aromatic rings. The summed E-state index contributed by atoms with van der Waals surface area (Å²) in [6.45, 7) is 3.22. The molecule has 142 valence electrons. The molecular weight excluding hydrogens is 346 g/mol. The summed E-state index contributed by atoms with van der Waals surface area (Å²) in [5.74, 6) is -0.464. The summed E-state index contributed by atoms with van der Waals surface area (Å²) in [6.07, 6.45) is 3.48. The maximum absolute atomic E-state index is 12.1. The molecular formula is C19H23N5O3. The summed E-state index contributed by atoms with van der Waals surface area (Å²) in [7, 11) is 0. The number of nitrogens with one attached hydrogen (secondary N) is 3. The van der Waals surface area contributed by atoms with E-state index < -0.39 is 5.91 Å². The van der Waals surface area contributed by atoms with Crippen molar-refractivity contribution in [2.24, 2.45) is 0 Å². The maximum atomic E-state index is 12.1. The maximum Gasteiger partial charge on any atom is 0.263 e. The molecule has 0 radical (unpaired) electrons. The van der Waals surface area contributed by atoms with Crippen LogP contribution in [0.1, 0.15) is 26.2 Å². The van der Waals surface area contributed by atoms with Gasteiger partial charge in [0.25, 0.3) is 5.91 Å². The average molecular weight is 369 g/mol. The van der Waals surface area contributed by atoms with Gasteiger partial charge in [0, 0.05) is 50.6 Å². The van der Waals surface area contributed by atoms with E-state index in [0.717, 1.165) is 13.0 Å². The third-order valence-corrected chi connectivity index (χ3v) is 4.02. The predicted octanol–water partition coefficient (Wildman–Crippen LogP) is 1.59. The number of rotatable bonds is 8. The van der Waals surface area contributed by atoms with Crippen LogP contribution in [0.4, 0.5) is 11.4 Å². The van der Waals surface area contributed by atoms with Crippen LogP contribution in [0, 0.1) is 11.3 Å². The SMILES string of the molecule is CC(=O)Nc1ccc(N/C=C(/C#N)C(=O)NCCCN2CCCC2=O)cc1. The van der Waals surface area contributed by atoms with E-state index in [0.29, 0.717) is 37.3 Å². The minimum Gasteiger partial charge on any atom is -0.360 e. The second-order valence-corrected chi connectivity index (χ2v) is 6.17. The van der Waals surface area contributed by atoms with Crippen molar-refractivity contribution in [3.05, 3.63) is 36.0 Å². The van der Waals surface area contributed by atoms with E-state index in [9.17, 15) is 14.4 Å². The van der Waals surface area contributed by atoms with E-state index in [-0.39, 0.29) is 17.4 Å². The van der Waals surface area contributed by atoms with Gasteiger partial charge < -0.3 is 20.9 Å². The zero-order valence-electron chi connectivity index (χ0n) is 15.2. The number of hydrogen-bond acceptors (Lipinski definition) is 5. The van der Waals surface area contributed by atoms with Crippen molar-refractivity contribution in [2.75, 3.05) is 30.3 Å². The smallest absolute Gasteiger partial charge is 0.263 e. The Morgan fingerprint density at radius 3 is 2.56 bits per heavy atom. The van der Waals surface area contributed by atoms with Crippen molar-refractivity contribution >= 4 is 29.1 Å². The zero-order chi connectivity index (χ0) is 19.6. The van der Waals surface area contributed by atoms with Gasteiger partial charge in [-0.2, -0.15) is 5.26 Å². The van der Waals surface area contributed by atoms with Gasteiger partial charge in [-0.1, -0.05) is 0 Å². The summed E-state index contributed by atoms with van der Waals surface area (Å²) in [5.41, 5.74) is 1.29. The van der Waals surface area contributed by atoms with Gasteiger partial charge in [-0.05, 0) is 37.1 Å². The topological polar surface area (TPSA) is 114 Å². The van der Waals surface area contributed by atoms with Crippen LogP contribution in [0.3, 0.4) is 0 Å². The van der Waals surface area contributed by atoms with Crippen LogP contribution in [0.15, 0.2) is 36.0 Å². The third kappa shape index (κ3) is 6.47. The summed E-state index contributed by atoms with van der Waals surface area (Å²) in [6, 6.07) is 8.73. The molecule has 1 heterocycles. The third-order valence-electron chi connectivity index (χ3n) is 4.02. The Hall–Kier alpha value is -3.34. The highest BCUT2D eigenvalue weighted by Crippen LogP contribution is 2.14. The highest BCUT2D eigenvalue weighted by molar-refractivity contribution is 5.97. The van der Waals surface area contributed by atoms with Crippen LogP contribution >= 0.6 is 0 Å². The zero-order valence-corrected chi connectivity index (χ0v) is 15.2. The first-order valence-corrected chi connectivity index (χ1v) is 8.80. The first kappa shape index (κ1) is 20.0. The molecule has 1 aliphatic rings. The van der Waals surface area contributed by atoms with E-state index in [1.54, 1.807) is 29.2 Å². The van der Waals surface area contributed by atoms with E-state index >= 15 is 0 Å². The van der Waals surface area contributed by atoms with E-state index in [1.807, 2.05) is 6.07 Å². The second kappa shape index (κ2) is 9.97. The van der Waals surface area contributed by atoms with Gasteiger partial charge in [0.05, 0.1) is 0 Å². The Kier molecular flexibility index (Phi) is 7.37. The number of likely N-dealkylation sites (tertiary alicyclic amines) is 1. The molecule has 1 aliphatic heterocycles. The average Bonchev–Trinajstić information content (AvgIpc) is 3.05. The summed E-state index contributed by atoms with van der Waals surface area (Å²) in [5, 5.41) is 17.4. The van der Waals surface area contributed by atoms with Crippen molar-refractivity contribution in [3.63, 3.8) is 0 Å². The molecule has 8 heteroatoms. The Morgan fingerprint density at radius 1 is 1.26 bits per heavy atom. The lowest BCUT2D eigenvalue weighted by Crippen LogP contribution is -2.31. The van der Waals surface area contributed by atoms with Crippen molar-refractivity contribution in [1.29, 1.82) is 5.26 Å². The molecule has 27 heavy (non-hydrogen) atoms. The highest BCUT2D eigenvalue weighted by Gasteiger charge is 2.19. The van der Waals surface area contributed by atoms with E-state index in [1.165, 1.54) is 13.1 Å². The van der Waals surface area contributed by atoms with Crippen LogP contribution in [-0.2, 0) is 14.4 Å². The van der Waals surface area contributed by atoms with E-state index in [4.69, 9.17) is 5.26 Å². The number of carbonyl (C=O) groups excluding carboxylic acids is 3. The Labute approximate surface area is 158 Å². The fraction of sp³-hybridized carbons (Fsp3) is 0.368. The van der Waals surface area contributed by atoms with Gasteiger partial charge in [-0.25, -0.2) is 0 Å². The van der Waals surface area contributed by atoms with Crippen molar-refractivity contribution in [2.45, 2.75) is 26.2 Å². The fourth-order valence-electron chi connectivity index (χ4n) is 2.66. The van der Waals surface area contributed by atoms with Gasteiger partial charge in [0.15, 0.2) is 0 Å². The Balaban J connectivity index is 1.78. The number of amides is 3. The summed E-state index contributed by atoms with van der Waals surface area (Å²) >= 11 is 0. The minimum atomic E-state index is -0.465. The number of benzene rings is 1. The van der Waals surface area contributed by atoms with Crippen molar-refractivity contribution < 1.29 is 14.4 Å². The monoisotopic (exact) mass is 369 g/mol. The lowest BCUT2D eigenvalue weighted by atomic mass is 10.2. The largest absolute Gasteiger partial charge is 0.360 e. The predicted molar refractivity (Wildman–Crippen MR) is 102 cm³/mol. The molecule has 0 aromatic heterocycles. The molecule has 3 amide bonds. The number of nitriles is 1. The van der Waals surface area contributed by atoms with Crippen molar-refractivity contribution in [1.82, 2.24) is 10.2 Å². The number of anilines is 2. The molecule has 1 aromatic carbocycles. The van der Waals surface area contributed by atoms with Crippen LogP contribution in [0.5, 0.6) is 0 Å². The van der Waals surface area contributed by atoms with Crippen LogP contribution in [0.2, 0.25) is 0 Å². The van der Waals surface area contributed by atoms with Gasteiger partial charge in [0.2, 0.25) is 11.8 Å². The molecule has 3 N–H and O–H groups in total. The Bertz CT molecular complexity index is 765. The van der Waals surface area contributed by atoms with Gasteiger partial charge in [-0.3, -0.25) is 14.4 Å². The van der Waals surface area contributed by atoms with Crippen LogP contribution < -0.4 is 16.0 Å². The molecule has 0 unspecified atom stereocenters. The summed E-state index contributed by atoms with van der Waals surface area (Å²) < 4.78 is 0. The van der Waals surface area contributed by atoms with Crippen LogP contribution in [0.25, 0.3) is 0 Å². The molecule has 1 saturated heterocycles. The summed E-state index contributed by atoms with van der Waals surface area (Å²) in [4.78, 5) is 36.4.